The van der Waals surface area contributed by atoms with Gasteiger partial charge in [0.05, 0.1) is 0 Å². The molecule has 0 radical (unpaired) electrons. The molecule has 3 rings (SSSR count). The van der Waals surface area contributed by atoms with Crippen LogP contribution in [-0.2, 0) is 0 Å². The molecular formula is C13H24N2S. The van der Waals surface area contributed by atoms with Crippen molar-refractivity contribution in [3.8, 4) is 0 Å². The van der Waals surface area contributed by atoms with Gasteiger partial charge in [0.1, 0.15) is 0 Å². The standard InChI is InChI=1S/C13H24N2S/c16-11-13(4-5-13)10-14-7-8-15-6-2-1-3-12(15)9-14/h12,16H,1-11H2. The Hall–Kier alpha value is 0.270. The molecule has 0 bridgehead atoms. The summed E-state index contributed by atoms with van der Waals surface area (Å²) < 4.78 is 0. The van der Waals surface area contributed by atoms with Gasteiger partial charge in [0, 0.05) is 32.2 Å². The topological polar surface area (TPSA) is 6.48 Å². The van der Waals surface area contributed by atoms with Gasteiger partial charge in [-0.3, -0.25) is 9.80 Å². The van der Waals surface area contributed by atoms with Crippen LogP contribution < -0.4 is 0 Å². The first-order valence-electron chi connectivity index (χ1n) is 6.89. The average Bonchev–Trinajstić information content (AvgIpc) is 3.09. The van der Waals surface area contributed by atoms with Crippen LogP contribution in [0.25, 0.3) is 0 Å². The van der Waals surface area contributed by atoms with Crippen molar-refractivity contribution in [1.29, 1.82) is 0 Å². The molecule has 2 saturated heterocycles. The molecule has 0 aromatic rings. The molecule has 1 aliphatic carbocycles. The average molecular weight is 240 g/mol. The highest BCUT2D eigenvalue weighted by Gasteiger charge is 2.43. The van der Waals surface area contributed by atoms with E-state index in [1.165, 1.54) is 64.8 Å². The van der Waals surface area contributed by atoms with Gasteiger partial charge in [-0.1, -0.05) is 6.42 Å². The maximum atomic E-state index is 4.52. The lowest BCUT2D eigenvalue weighted by molar-refractivity contribution is 0.0413. The van der Waals surface area contributed by atoms with E-state index >= 15 is 0 Å². The van der Waals surface area contributed by atoms with Crippen molar-refractivity contribution in [2.45, 2.75) is 38.1 Å². The molecule has 0 amide bonds. The minimum atomic E-state index is 0.611. The van der Waals surface area contributed by atoms with Crippen molar-refractivity contribution in [3.63, 3.8) is 0 Å². The molecule has 1 saturated carbocycles. The molecular weight excluding hydrogens is 216 g/mol. The summed E-state index contributed by atoms with van der Waals surface area (Å²) in [6.45, 7) is 6.62. The lowest BCUT2D eigenvalue weighted by atomic mass is 9.98. The molecule has 1 atom stereocenters. The first-order chi connectivity index (χ1) is 7.81. The molecule has 2 nitrogen and oxygen atoms in total. The minimum Gasteiger partial charge on any atom is -0.300 e. The van der Waals surface area contributed by atoms with Crippen LogP contribution in [0.5, 0.6) is 0 Å². The van der Waals surface area contributed by atoms with E-state index in [0.717, 1.165) is 11.8 Å². The second-order valence-electron chi connectivity index (χ2n) is 6.08. The smallest absolute Gasteiger partial charge is 0.0223 e. The molecule has 3 aliphatic rings. The van der Waals surface area contributed by atoms with Crippen molar-refractivity contribution in [2.24, 2.45) is 5.41 Å². The van der Waals surface area contributed by atoms with Crippen LogP contribution in [0, 0.1) is 5.41 Å². The fourth-order valence-electron chi connectivity index (χ4n) is 3.38. The van der Waals surface area contributed by atoms with E-state index in [1.807, 2.05) is 0 Å². The van der Waals surface area contributed by atoms with Gasteiger partial charge in [-0.15, -0.1) is 0 Å². The number of rotatable bonds is 3. The Bertz CT molecular complexity index is 252. The van der Waals surface area contributed by atoms with Crippen molar-refractivity contribution >= 4 is 12.6 Å². The van der Waals surface area contributed by atoms with Crippen LogP contribution in [0.2, 0.25) is 0 Å². The molecule has 2 heterocycles. The molecule has 92 valence electrons. The summed E-state index contributed by atoms with van der Waals surface area (Å²) in [6.07, 6.45) is 7.15. The maximum absolute atomic E-state index is 4.52. The third-order valence-corrected chi connectivity index (χ3v) is 5.44. The predicted octanol–water partition coefficient (Wildman–Crippen LogP) is 1.87. The number of thiol groups is 1. The van der Waals surface area contributed by atoms with Crippen LogP contribution in [-0.4, -0.2) is 54.3 Å². The Labute approximate surface area is 105 Å². The zero-order valence-corrected chi connectivity index (χ0v) is 11.1. The summed E-state index contributed by atoms with van der Waals surface area (Å²) in [5, 5.41) is 0. The highest BCUT2D eigenvalue weighted by Crippen LogP contribution is 2.47. The fourth-order valence-corrected chi connectivity index (χ4v) is 3.80. The lowest BCUT2D eigenvalue weighted by Gasteiger charge is -2.45. The maximum Gasteiger partial charge on any atom is 0.0223 e. The van der Waals surface area contributed by atoms with Gasteiger partial charge in [-0.05, 0) is 43.4 Å². The van der Waals surface area contributed by atoms with Crippen LogP contribution in [0.3, 0.4) is 0 Å². The Balaban J connectivity index is 1.54. The van der Waals surface area contributed by atoms with Crippen molar-refractivity contribution in [2.75, 3.05) is 38.5 Å². The monoisotopic (exact) mass is 240 g/mol. The zero-order chi connectivity index (χ0) is 11.0. The van der Waals surface area contributed by atoms with Crippen LogP contribution >= 0.6 is 12.6 Å². The molecule has 1 unspecified atom stereocenters. The molecule has 2 aliphatic heterocycles. The van der Waals surface area contributed by atoms with Crippen LogP contribution in [0.1, 0.15) is 32.1 Å². The second kappa shape index (κ2) is 4.51. The number of piperazine rings is 1. The SMILES string of the molecule is SCC1(CN2CCN3CCCCC3C2)CC1. The second-order valence-corrected chi connectivity index (χ2v) is 6.40. The molecule has 0 aromatic carbocycles. The molecule has 0 aromatic heterocycles. The molecule has 3 heteroatoms. The van der Waals surface area contributed by atoms with E-state index < -0.39 is 0 Å². The third kappa shape index (κ3) is 2.27. The Morgan fingerprint density at radius 3 is 2.75 bits per heavy atom. The van der Waals surface area contributed by atoms with Gasteiger partial charge in [0.25, 0.3) is 0 Å². The molecule has 0 spiro atoms. The van der Waals surface area contributed by atoms with Crippen LogP contribution in [0.15, 0.2) is 0 Å². The van der Waals surface area contributed by atoms with E-state index in [0.29, 0.717) is 5.41 Å². The fraction of sp³-hybridized carbons (Fsp3) is 1.00. The normalized spacial score (nSPS) is 34.7. The van der Waals surface area contributed by atoms with Gasteiger partial charge in [0.15, 0.2) is 0 Å². The molecule has 0 N–H and O–H groups in total. The largest absolute Gasteiger partial charge is 0.300 e. The van der Waals surface area contributed by atoms with Crippen molar-refractivity contribution in [1.82, 2.24) is 9.80 Å². The summed E-state index contributed by atoms with van der Waals surface area (Å²) in [5.74, 6) is 1.10. The van der Waals surface area contributed by atoms with Crippen molar-refractivity contribution < 1.29 is 0 Å². The first kappa shape index (κ1) is 11.4. The van der Waals surface area contributed by atoms with Crippen LogP contribution in [0.4, 0.5) is 0 Å². The number of piperidine rings is 1. The summed E-state index contributed by atoms with van der Waals surface area (Å²) in [4.78, 5) is 5.44. The Morgan fingerprint density at radius 1 is 1.12 bits per heavy atom. The quantitative estimate of drug-likeness (QED) is 0.752. The minimum absolute atomic E-state index is 0.611. The van der Waals surface area contributed by atoms with Gasteiger partial charge in [-0.2, -0.15) is 12.6 Å². The summed E-state index contributed by atoms with van der Waals surface area (Å²) in [5.41, 5.74) is 0.611. The van der Waals surface area contributed by atoms with E-state index in [9.17, 15) is 0 Å². The first-order valence-corrected chi connectivity index (χ1v) is 7.52. The van der Waals surface area contributed by atoms with E-state index in [2.05, 4.69) is 22.4 Å². The summed E-state index contributed by atoms with van der Waals surface area (Å²) in [6, 6.07) is 0.873. The number of hydrogen-bond donors (Lipinski definition) is 1. The summed E-state index contributed by atoms with van der Waals surface area (Å²) >= 11 is 4.52. The Morgan fingerprint density at radius 2 is 2.00 bits per heavy atom. The van der Waals surface area contributed by atoms with E-state index in [-0.39, 0.29) is 0 Å². The van der Waals surface area contributed by atoms with E-state index in [1.54, 1.807) is 0 Å². The lowest BCUT2D eigenvalue weighted by Crippen LogP contribution is -2.55. The van der Waals surface area contributed by atoms with Gasteiger partial charge < -0.3 is 0 Å². The number of nitrogens with zero attached hydrogens (tertiary/aromatic N) is 2. The van der Waals surface area contributed by atoms with Gasteiger partial charge in [-0.25, -0.2) is 0 Å². The van der Waals surface area contributed by atoms with E-state index in [4.69, 9.17) is 0 Å². The van der Waals surface area contributed by atoms with Crippen molar-refractivity contribution in [3.05, 3.63) is 0 Å². The Kier molecular flexibility index (Phi) is 3.20. The summed E-state index contributed by atoms with van der Waals surface area (Å²) in [7, 11) is 0. The number of fused-ring (bicyclic) bond motifs is 1. The molecule has 16 heavy (non-hydrogen) atoms. The zero-order valence-electron chi connectivity index (χ0n) is 10.2. The van der Waals surface area contributed by atoms with Gasteiger partial charge >= 0.3 is 0 Å². The highest BCUT2D eigenvalue weighted by molar-refractivity contribution is 7.80. The van der Waals surface area contributed by atoms with Gasteiger partial charge in [0.2, 0.25) is 0 Å². The molecule has 3 fully saturated rings. The predicted molar refractivity (Wildman–Crippen MR) is 71.2 cm³/mol. The third-order valence-electron chi connectivity index (χ3n) is 4.77. The highest BCUT2D eigenvalue weighted by atomic mass is 32.1. The number of hydrogen-bond acceptors (Lipinski definition) is 3.